The number of hydrogen-bond donors (Lipinski definition) is 2. The summed E-state index contributed by atoms with van der Waals surface area (Å²) in [5.74, 6) is 0.684. The molecule has 0 aromatic heterocycles. The summed E-state index contributed by atoms with van der Waals surface area (Å²) in [6.45, 7) is 6.53. The van der Waals surface area contributed by atoms with Crippen molar-refractivity contribution in [2.24, 2.45) is 5.92 Å². The fraction of sp³-hybridized carbons (Fsp3) is 0.571. The minimum absolute atomic E-state index is 0.349. The zero-order valence-electron chi connectivity index (χ0n) is 12.4. The van der Waals surface area contributed by atoms with Gasteiger partial charge in [0.1, 0.15) is 0 Å². The first-order chi connectivity index (χ1) is 9.17. The zero-order chi connectivity index (χ0) is 15.3. The molecule has 1 unspecified atom stereocenters. The van der Waals surface area contributed by atoms with Gasteiger partial charge in [-0.3, -0.25) is 4.72 Å². The van der Waals surface area contributed by atoms with E-state index in [1.54, 1.807) is 12.1 Å². The van der Waals surface area contributed by atoms with E-state index in [0.717, 1.165) is 24.8 Å². The molecule has 0 heterocycles. The van der Waals surface area contributed by atoms with Crippen LogP contribution >= 0.6 is 11.6 Å². The van der Waals surface area contributed by atoms with Gasteiger partial charge in [0.2, 0.25) is 10.0 Å². The first-order valence-corrected chi connectivity index (χ1v) is 8.98. The van der Waals surface area contributed by atoms with Crippen LogP contribution in [0.25, 0.3) is 0 Å². The minimum atomic E-state index is -3.31. The molecule has 0 aliphatic rings. The van der Waals surface area contributed by atoms with E-state index in [-0.39, 0.29) is 0 Å². The summed E-state index contributed by atoms with van der Waals surface area (Å²) in [6.07, 6.45) is 3.34. The molecule has 0 aliphatic heterocycles. The Hall–Kier alpha value is -0.940. The van der Waals surface area contributed by atoms with Gasteiger partial charge in [-0.15, -0.1) is 0 Å². The van der Waals surface area contributed by atoms with Crippen LogP contribution in [0.1, 0.15) is 33.6 Å². The van der Waals surface area contributed by atoms with E-state index in [2.05, 4.69) is 30.8 Å². The third-order valence-corrected chi connectivity index (χ3v) is 3.76. The van der Waals surface area contributed by atoms with Crippen molar-refractivity contribution < 1.29 is 8.42 Å². The van der Waals surface area contributed by atoms with E-state index in [1.165, 1.54) is 0 Å². The Balaban J connectivity index is 2.68. The van der Waals surface area contributed by atoms with Crippen molar-refractivity contribution in [2.45, 2.75) is 39.7 Å². The third kappa shape index (κ3) is 6.48. The largest absolute Gasteiger partial charge is 0.383 e. The van der Waals surface area contributed by atoms with Crippen LogP contribution in [-0.2, 0) is 10.0 Å². The average Bonchev–Trinajstić information content (AvgIpc) is 2.28. The number of rotatable bonds is 7. The third-order valence-electron chi connectivity index (χ3n) is 2.85. The first-order valence-electron chi connectivity index (χ1n) is 6.71. The predicted molar refractivity (Wildman–Crippen MR) is 87.1 cm³/mol. The molecule has 0 fully saturated rings. The second kappa shape index (κ2) is 7.18. The molecule has 4 nitrogen and oxygen atoms in total. The van der Waals surface area contributed by atoms with Crippen LogP contribution in [-0.4, -0.2) is 20.7 Å². The van der Waals surface area contributed by atoms with Crippen LogP contribution in [0.15, 0.2) is 18.2 Å². The van der Waals surface area contributed by atoms with Crippen LogP contribution in [0.3, 0.4) is 0 Å². The van der Waals surface area contributed by atoms with E-state index < -0.39 is 10.0 Å². The zero-order valence-corrected chi connectivity index (χ0v) is 14.0. The molecule has 20 heavy (non-hydrogen) atoms. The Morgan fingerprint density at radius 3 is 2.35 bits per heavy atom. The molecule has 0 saturated carbocycles. The van der Waals surface area contributed by atoms with Gasteiger partial charge in [-0.2, -0.15) is 0 Å². The van der Waals surface area contributed by atoms with Gasteiger partial charge in [-0.05, 0) is 43.9 Å². The molecule has 0 bridgehead atoms. The fourth-order valence-corrected chi connectivity index (χ4v) is 2.69. The molecule has 0 spiro atoms. The van der Waals surface area contributed by atoms with Crippen molar-refractivity contribution in [1.82, 2.24) is 0 Å². The SMILES string of the molecule is CC(C)CCC(C)Nc1ccc(NS(C)(=O)=O)c(Cl)c1. The molecule has 0 saturated heterocycles. The Bertz CT molecular complexity index is 544. The van der Waals surface area contributed by atoms with Gasteiger partial charge in [0, 0.05) is 11.7 Å². The van der Waals surface area contributed by atoms with Crippen molar-refractivity contribution in [3.8, 4) is 0 Å². The number of nitrogens with one attached hydrogen (secondary N) is 2. The van der Waals surface area contributed by atoms with Gasteiger partial charge >= 0.3 is 0 Å². The molecule has 114 valence electrons. The summed E-state index contributed by atoms with van der Waals surface area (Å²) >= 11 is 6.08. The lowest BCUT2D eigenvalue weighted by molar-refractivity contribution is 0.528. The van der Waals surface area contributed by atoms with Gasteiger partial charge in [0.25, 0.3) is 0 Å². The average molecular weight is 319 g/mol. The second-order valence-corrected chi connectivity index (χ2v) is 7.74. The second-order valence-electron chi connectivity index (χ2n) is 5.59. The van der Waals surface area contributed by atoms with Gasteiger partial charge in [-0.25, -0.2) is 8.42 Å². The number of sulfonamides is 1. The van der Waals surface area contributed by atoms with E-state index in [9.17, 15) is 8.42 Å². The number of anilines is 2. The summed E-state index contributed by atoms with van der Waals surface area (Å²) in [5, 5.41) is 3.75. The number of halogens is 1. The normalized spacial score (nSPS) is 13.3. The maximum Gasteiger partial charge on any atom is 0.229 e. The standard InChI is InChI=1S/C14H23ClN2O2S/c1-10(2)5-6-11(3)16-12-7-8-14(13(15)9-12)17-20(4,18)19/h7-11,16-17H,5-6H2,1-4H3. The van der Waals surface area contributed by atoms with Crippen LogP contribution < -0.4 is 10.0 Å². The lowest BCUT2D eigenvalue weighted by Crippen LogP contribution is -2.16. The monoisotopic (exact) mass is 318 g/mol. The van der Waals surface area contributed by atoms with Gasteiger partial charge in [0.15, 0.2) is 0 Å². The van der Waals surface area contributed by atoms with Crippen molar-refractivity contribution in [2.75, 3.05) is 16.3 Å². The van der Waals surface area contributed by atoms with Crippen LogP contribution in [0.2, 0.25) is 5.02 Å². The fourth-order valence-electron chi connectivity index (χ4n) is 1.83. The van der Waals surface area contributed by atoms with E-state index in [1.807, 2.05) is 6.07 Å². The highest BCUT2D eigenvalue weighted by atomic mass is 35.5. The highest BCUT2D eigenvalue weighted by Gasteiger charge is 2.09. The lowest BCUT2D eigenvalue weighted by Gasteiger charge is -2.17. The van der Waals surface area contributed by atoms with Crippen LogP contribution in [0.4, 0.5) is 11.4 Å². The predicted octanol–water partition coefficient (Wildman–Crippen LogP) is 3.95. The summed E-state index contributed by atoms with van der Waals surface area (Å²) in [6, 6.07) is 5.58. The topological polar surface area (TPSA) is 58.2 Å². The van der Waals surface area contributed by atoms with E-state index >= 15 is 0 Å². The van der Waals surface area contributed by atoms with Gasteiger partial charge < -0.3 is 5.32 Å². The molecule has 1 aromatic rings. The van der Waals surface area contributed by atoms with Crippen molar-refractivity contribution in [3.63, 3.8) is 0 Å². The molecule has 0 amide bonds. The quantitative estimate of drug-likeness (QED) is 0.800. The van der Waals surface area contributed by atoms with E-state index in [0.29, 0.717) is 22.7 Å². The molecular weight excluding hydrogens is 296 g/mol. The summed E-state index contributed by atoms with van der Waals surface area (Å²) in [7, 11) is -3.31. The molecule has 1 aromatic carbocycles. The summed E-state index contributed by atoms with van der Waals surface area (Å²) in [5.41, 5.74) is 1.29. The Morgan fingerprint density at radius 1 is 1.20 bits per heavy atom. The lowest BCUT2D eigenvalue weighted by atomic mass is 10.0. The first kappa shape index (κ1) is 17.1. The van der Waals surface area contributed by atoms with E-state index in [4.69, 9.17) is 11.6 Å². The molecule has 2 N–H and O–H groups in total. The smallest absolute Gasteiger partial charge is 0.229 e. The summed E-state index contributed by atoms with van der Waals surface area (Å²) in [4.78, 5) is 0. The highest BCUT2D eigenvalue weighted by molar-refractivity contribution is 7.92. The molecule has 1 atom stereocenters. The maximum absolute atomic E-state index is 11.2. The Morgan fingerprint density at radius 2 is 1.85 bits per heavy atom. The van der Waals surface area contributed by atoms with Crippen molar-refractivity contribution in [3.05, 3.63) is 23.2 Å². The molecule has 6 heteroatoms. The molecule has 1 rings (SSSR count). The minimum Gasteiger partial charge on any atom is -0.383 e. The Kier molecular flexibility index (Phi) is 6.14. The van der Waals surface area contributed by atoms with Crippen molar-refractivity contribution >= 4 is 33.0 Å². The van der Waals surface area contributed by atoms with Gasteiger partial charge in [-0.1, -0.05) is 25.4 Å². The Labute approximate surface area is 127 Å². The van der Waals surface area contributed by atoms with Crippen LogP contribution in [0, 0.1) is 5.92 Å². The summed E-state index contributed by atoms with van der Waals surface area (Å²) < 4.78 is 24.7. The van der Waals surface area contributed by atoms with Gasteiger partial charge in [0.05, 0.1) is 17.0 Å². The number of hydrogen-bond acceptors (Lipinski definition) is 3. The molecular formula is C14H23ClN2O2S. The molecule has 0 aliphatic carbocycles. The van der Waals surface area contributed by atoms with Crippen molar-refractivity contribution in [1.29, 1.82) is 0 Å². The maximum atomic E-state index is 11.2. The number of benzene rings is 1. The molecule has 0 radical (unpaired) electrons. The highest BCUT2D eigenvalue weighted by Crippen LogP contribution is 2.26. The van der Waals surface area contributed by atoms with Crippen LogP contribution in [0.5, 0.6) is 0 Å².